The van der Waals surface area contributed by atoms with E-state index in [9.17, 15) is 0 Å². The minimum absolute atomic E-state index is 0.412. The maximum atomic E-state index is 4.53. The van der Waals surface area contributed by atoms with Crippen LogP contribution in [0.1, 0.15) is 43.7 Å². The second-order valence-corrected chi connectivity index (χ2v) is 5.93. The lowest BCUT2D eigenvalue weighted by atomic mass is 9.94. The van der Waals surface area contributed by atoms with E-state index in [2.05, 4.69) is 49.0 Å². The first-order valence-corrected chi connectivity index (χ1v) is 7.43. The van der Waals surface area contributed by atoms with Crippen LogP contribution in [0, 0.1) is 6.92 Å². The molecule has 0 aliphatic heterocycles. The second-order valence-electron chi connectivity index (χ2n) is 4.70. The summed E-state index contributed by atoms with van der Waals surface area (Å²) in [6, 6.07) is 2.69. The van der Waals surface area contributed by atoms with E-state index in [-0.39, 0.29) is 0 Å². The van der Waals surface area contributed by atoms with E-state index in [0.29, 0.717) is 12.0 Å². The molecular weight excluding hydrogens is 242 g/mol. The quantitative estimate of drug-likeness (QED) is 0.897. The standard InChI is InChI=1S/C14H21N3S/c1-5-12(15-6-2)10(4)13-11-7-9(3)18-14(11)17-8-16-13/h7-8,10,12,15H,5-6H2,1-4H3. The van der Waals surface area contributed by atoms with Crippen LogP contribution in [0.4, 0.5) is 0 Å². The Labute approximate surface area is 113 Å². The van der Waals surface area contributed by atoms with Crippen molar-refractivity contribution >= 4 is 21.6 Å². The summed E-state index contributed by atoms with van der Waals surface area (Å²) < 4.78 is 0. The Morgan fingerprint density at radius 3 is 2.78 bits per heavy atom. The summed E-state index contributed by atoms with van der Waals surface area (Å²) in [6.07, 6.45) is 2.81. The van der Waals surface area contributed by atoms with Crippen LogP contribution in [0.15, 0.2) is 12.4 Å². The van der Waals surface area contributed by atoms with Crippen LogP contribution in [0.5, 0.6) is 0 Å². The Balaban J connectivity index is 2.40. The molecule has 0 aliphatic carbocycles. The molecule has 1 N–H and O–H groups in total. The van der Waals surface area contributed by atoms with Gasteiger partial charge in [-0.2, -0.15) is 0 Å². The summed E-state index contributed by atoms with van der Waals surface area (Å²) in [7, 11) is 0. The fourth-order valence-electron chi connectivity index (χ4n) is 2.48. The molecule has 98 valence electrons. The SMILES string of the molecule is CCNC(CC)C(C)c1ncnc2sc(C)cc12. The van der Waals surface area contributed by atoms with E-state index in [1.807, 2.05) is 0 Å². The van der Waals surface area contributed by atoms with E-state index in [1.54, 1.807) is 17.7 Å². The van der Waals surface area contributed by atoms with E-state index in [4.69, 9.17) is 0 Å². The minimum atomic E-state index is 0.412. The van der Waals surface area contributed by atoms with Crippen LogP contribution in [0.25, 0.3) is 10.2 Å². The number of likely N-dealkylation sites (N-methyl/N-ethyl adjacent to an activating group) is 1. The molecule has 2 atom stereocenters. The molecule has 3 nitrogen and oxygen atoms in total. The number of hydrogen-bond acceptors (Lipinski definition) is 4. The van der Waals surface area contributed by atoms with Gasteiger partial charge in [0.2, 0.25) is 0 Å². The first kappa shape index (κ1) is 13.4. The van der Waals surface area contributed by atoms with E-state index < -0.39 is 0 Å². The molecule has 18 heavy (non-hydrogen) atoms. The first-order chi connectivity index (χ1) is 8.67. The number of fused-ring (bicyclic) bond motifs is 1. The number of hydrogen-bond donors (Lipinski definition) is 1. The molecule has 0 saturated carbocycles. The molecule has 2 unspecified atom stereocenters. The smallest absolute Gasteiger partial charge is 0.127 e. The van der Waals surface area contributed by atoms with Gasteiger partial charge >= 0.3 is 0 Å². The summed E-state index contributed by atoms with van der Waals surface area (Å²) in [5.41, 5.74) is 1.18. The Kier molecular flexibility index (Phi) is 4.30. The zero-order chi connectivity index (χ0) is 13.1. The van der Waals surface area contributed by atoms with Crippen LogP contribution in [0.3, 0.4) is 0 Å². The summed E-state index contributed by atoms with van der Waals surface area (Å²) in [5.74, 6) is 0.412. The number of nitrogens with zero attached hydrogens (tertiary/aromatic N) is 2. The van der Waals surface area contributed by atoms with Crippen LogP contribution in [-0.4, -0.2) is 22.6 Å². The molecule has 4 heteroatoms. The molecule has 0 aliphatic rings. The summed E-state index contributed by atoms with van der Waals surface area (Å²) in [5, 5.41) is 4.77. The monoisotopic (exact) mass is 263 g/mol. The lowest BCUT2D eigenvalue weighted by molar-refractivity contribution is 0.444. The highest BCUT2D eigenvalue weighted by Crippen LogP contribution is 2.30. The maximum absolute atomic E-state index is 4.53. The van der Waals surface area contributed by atoms with Gasteiger partial charge in [-0.05, 0) is 26.0 Å². The van der Waals surface area contributed by atoms with Crippen molar-refractivity contribution in [2.45, 2.75) is 46.1 Å². The lowest BCUT2D eigenvalue weighted by Crippen LogP contribution is -2.33. The van der Waals surface area contributed by atoms with Gasteiger partial charge in [0.15, 0.2) is 0 Å². The number of rotatable bonds is 5. The molecule has 0 spiro atoms. The molecule has 0 fully saturated rings. The Hall–Kier alpha value is -1.00. The van der Waals surface area contributed by atoms with Gasteiger partial charge in [0, 0.05) is 22.2 Å². The van der Waals surface area contributed by atoms with Gasteiger partial charge < -0.3 is 5.32 Å². The summed E-state index contributed by atoms with van der Waals surface area (Å²) >= 11 is 1.74. The topological polar surface area (TPSA) is 37.8 Å². The minimum Gasteiger partial charge on any atom is -0.314 e. The molecule has 0 radical (unpaired) electrons. The predicted molar refractivity (Wildman–Crippen MR) is 78.3 cm³/mol. The summed E-state index contributed by atoms with van der Waals surface area (Å²) in [6.45, 7) is 9.76. The lowest BCUT2D eigenvalue weighted by Gasteiger charge is -2.23. The molecule has 2 aromatic rings. The zero-order valence-corrected chi connectivity index (χ0v) is 12.3. The van der Waals surface area contributed by atoms with Gasteiger partial charge in [0.05, 0.1) is 5.69 Å². The predicted octanol–water partition coefficient (Wildman–Crippen LogP) is 3.49. The molecule has 0 aromatic carbocycles. The molecular formula is C14H21N3S. The first-order valence-electron chi connectivity index (χ1n) is 6.61. The van der Waals surface area contributed by atoms with Crippen molar-refractivity contribution in [2.24, 2.45) is 0 Å². The highest BCUT2D eigenvalue weighted by atomic mass is 32.1. The molecule has 2 rings (SSSR count). The van der Waals surface area contributed by atoms with Crippen molar-refractivity contribution in [3.63, 3.8) is 0 Å². The Morgan fingerprint density at radius 1 is 1.33 bits per heavy atom. The van der Waals surface area contributed by atoms with Gasteiger partial charge in [-0.25, -0.2) is 9.97 Å². The molecule has 0 saturated heterocycles. The van der Waals surface area contributed by atoms with Crippen LogP contribution in [0.2, 0.25) is 0 Å². The average Bonchev–Trinajstić information content (AvgIpc) is 2.75. The fourth-order valence-corrected chi connectivity index (χ4v) is 3.34. The highest BCUT2D eigenvalue weighted by molar-refractivity contribution is 7.18. The maximum Gasteiger partial charge on any atom is 0.127 e. The average molecular weight is 263 g/mol. The van der Waals surface area contributed by atoms with E-state index >= 15 is 0 Å². The van der Waals surface area contributed by atoms with Crippen LogP contribution in [-0.2, 0) is 0 Å². The van der Waals surface area contributed by atoms with Crippen LogP contribution < -0.4 is 5.32 Å². The van der Waals surface area contributed by atoms with Crippen molar-refractivity contribution in [1.82, 2.24) is 15.3 Å². The number of nitrogens with one attached hydrogen (secondary N) is 1. The van der Waals surface area contributed by atoms with Gasteiger partial charge in [-0.3, -0.25) is 0 Å². The number of aromatic nitrogens is 2. The molecule has 0 amide bonds. The second kappa shape index (κ2) is 5.76. The van der Waals surface area contributed by atoms with Crippen molar-refractivity contribution < 1.29 is 0 Å². The van der Waals surface area contributed by atoms with E-state index in [0.717, 1.165) is 17.8 Å². The van der Waals surface area contributed by atoms with E-state index in [1.165, 1.54) is 16.0 Å². The third-order valence-electron chi connectivity index (χ3n) is 3.42. The van der Waals surface area contributed by atoms with Crippen molar-refractivity contribution in [3.8, 4) is 0 Å². The Bertz CT molecular complexity index is 521. The third kappa shape index (κ3) is 2.54. The normalized spacial score (nSPS) is 14.9. The van der Waals surface area contributed by atoms with Gasteiger partial charge in [-0.1, -0.05) is 20.8 Å². The summed E-state index contributed by atoms with van der Waals surface area (Å²) in [4.78, 5) is 11.3. The third-order valence-corrected chi connectivity index (χ3v) is 4.38. The fraction of sp³-hybridized carbons (Fsp3) is 0.571. The molecule has 0 bridgehead atoms. The van der Waals surface area contributed by atoms with Gasteiger partial charge in [-0.15, -0.1) is 11.3 Å². The van der Waals surface area contributed by atoms with Crippen molar-refractivity contribution in [3.05, 3.63) is 23.0 Å². The number of thiophene rings is 1. The highest BCUT2D eigenvalue weighted by Gasteiger charge is 2.20. The van der Waals surface area contributed by atoms with Gasteiger partial charge in [0.25, 0.3) is 0 Å². The van der Waals surface area contributed by atoms with Crippen molar-refractivity contribution in [1.29, 1.82) is 0 Å². The number of aryl methyl sites for hydroxylation is 1. The largest absolute Gasteiger partial charge is 0.314 e. The molecule has 2 aromatic heterocycles. The van der Waals surface area contributed by atoms with Crippen LogP contribution >= 0.6 is 11.3 Å². The van der Waals surface area contributed by atoms with Gasteiger partial charge in [0.1, 0.15) is 11.2 Å². The van der Waals surface area contributed by atoms with Crippen molar-refractivity contribution in [2.75, 3.05) is 6.54 Å². The zero-order valence-electron chi connectivity index (χ0n) is 11.5. The molecule has 2 heterocycles. The Morgan fingerprint density at radius 2 is 2.11 bits per heavy atom.